The predicted octanol–water partition coefficient (Wildman–Crippen LogP) is 4.98. The molecule has 2 aromatic rings. The van der Waals surface area contributed by atoms with Gasteiger partial charge in [-0.2, -0.15) is 0 Å². The number of nitrogens with zero attached hydrogens (tertiary/aromatic N) is 1. The lowest BCUT2D eigenvalue weighted by Crippen LogP contribution is -2.11. The van der Waals surface area contributed by atoms with Crippen LogP contribution in [0.1, 0.15) is 12.5 Å². The molecule has 0 aliphatic carbocycles. The van der Waals surface area contributed by atoms with Crippen LogP contribution in [0.2, 0.25) is 5.02 Å². The summed E-state index contributed by atoms with van der Waals surface area (Å²) >= 11 is 5.76. The Kier molecular flexibility index (Phi) is 5.74. The van der Waals surface area contributed by atoms with E-state index >= 15 is 0 Å². The third-order valence-electron chi connectivity index (χ3n) is 2.68. The maximum Gasteiger partial charge on any atom is 0.437 e. The Morgan fingerprint density at radius 2 is 1.82 bits per heavy atom. The van der Waals surface area contributed by atoms with Crippen molar-refractivity contribution in [2.45, 2.75) is 6.92 Å². The van der Waals surface area contributed by atoms with Gasteiger partial charge in [-0.25, -0.2) is 4.79 Å². The standard InChI is InChI=1S/C17H15ClN2O2/c1-13(7-8-14-5-3-2-4-6-14)20-22-17(21)19-16-11-9-15(18)10-12-16/h2-12H,1H3,(H,19,21). The fourth-order valence-corrected chi connectivity index (χ4v) is 1.72. The van der Waals surface area contributed by atoms with Crippen molar-refractivity contribution >= 4 is 35.2 Å². The van der Waals surface area contributed by atoms with Crippen molar-refractivity contribution in [2.75, 3.05) is 5.32 Å². The number of oxime groups is 1. The zero-order chi connectivity index (χ0) is 15.8. The largest absolute Gasteiger partial charge is 0.437 e. The minimum Gasteiger partial charge on any atom is -0.298 e. The molecule has 0 spiro atoms. The Balaban J connectivity index is 1.86. The van der Waals surface area contributed by atoms with Crippen LogP contribution in [0.25, 0.3) is 6.08 Å². The molecule has 0 atom stereocenters. The Morgan fingerprint density at radius 1 is 1.14 bits per heavy atom. The van der Waals surface area contributed by atoms with E-state index in [2.05, 4.69) is 10.5 Å². The summed E-state index contributed by atoms with van der Waals surface area (Å²) in [7, 11) is 0. The molecule has 22 heavy (non-hydrogen) atoms. The number of hydrogen-bond donors (Lipinski definition) is 1. The first-order chi connectivity index (χ1) is 10.6. The van der Waals surface area contributed by atoms with E-state index in [9.17, 15) is 4.79 Å². The average molecular weight is 315 g/mol. The van der Waals surface area contributed by atoms with Gasteiger partial charge in [0.15, 0.2) is 0 Å². The van der Waals surface area contributed by atoms with Gasteiger partial charge in [-0.3, -0.25) is 10.2 Å². The molecule has 1 N–H and O–H groups in total. The van der Waals surface area contributed by atoms with Crippen LogP contribution >= 0.6 is 11.6 Å². The van der Waals surface area contributed by atoms with Gasteiger partial charge in [-0.1, -0.05) is 53.2 Å². The lowest BCUT2D eigenvalue weighted by atomic mass is 10.2. The first-order valence-corrected chi connectivity index (χ1v) is 7.02. The molecule has 0 radical (unpaired) electrons. The van der Waals surface area contributed by atoms with E-state index in [0.717, 1.165) is 5.56 Å². The fourth-order valence-electron chi connectivity index (χ4n) is 1.60. The van der Waals surface area contributed by atoms with Gasteiger partial charge in [-0.15, -0.1) is 0 Å². The smallest absolute Gasteiger partial charge is 0.298 e. The van der Waals surface area contributed by atoms with Gasteiger partial charge in [0.05, 0.1) is 5.71 Å². The maximum absolute atomic E-state index is 11.6. The number of halogens is 1. The number of rotatable bonds is 4. The highest BCUT2D eigenvalue weighted by Crippen LogP contribution is 2.13. The molecule has 4 nitrogen and oxygen atoms in total. The predicted molar refractivity (Wildman–Crippen MR) is 90.1 cm³/mol. The summed E-state index contributed by atoms with van der Waals surface area (Å²) in [4.78, 5) is 16.4. The molecule has 0 saturated heterocycles. The molecule has 0 bridgehead atoms. The Bertz CT molecular complexity index is 680. The Labute approximate surface area is 134 Å². The third kappa shape index (κ3) is 5.42. The van der Waals surface area contributed by atoms with E-state index in [1.165, 1.54) is 0 Å². The molecule has 1 amide bonds. The number of allylic oxidation sites excluding steroid dienone is 1. The van der Waals surface area contributed by atoms with Gasteiger partial charge in [-0.05, 0) is 42.8 Å². The summed E-state index contributed by atoms with van der Waals surface area (Å²) in [6.45, 7) is 1.75. The van der Waals surface area contributed by atoms with E-state index in [0.29, 0.717) is 16.4 Å². The molecule has 2 aromatic carbocycles. The van der Waals surface area contributed by atoms with Gasteiger partial charge in [0, 0.05) is 10.7 Å². The molecular weight excluding hydrogens is 300 g/mol. The van der Waals surface area contributed by atoms with Crippen LogP contribution < -0.4 is 5.32 Å². The van der Waals surface area contributed by atoms with Crippen LogP contribution in [-0.4, -0.2) is 11.8 Å². The molecule has 0 aliphatic rings. The summed E-state index contributed by atoms with van der Waals surface area (Å²) in [6.07, 6.45) is 3.00. The highest BCUT2D eigenvalue weighted by atomic mass is 35.5. The normalized spacial score (nSPS) is 11.5. The quantitative estimate of drug-likeness (QED) is 0.491. The summed E-state index contributed by atoms with van der Waals surface area (Å²) in [5, 5.41) is 6.89. The van der Waals surface area contributed by atoms with E-state index in [1.54, 1.807) is 37.3 Å². The molecular formula is C17H15ClN2O2. The molecule has 0 aromatic heterocycles. The van der Waals surface area contributed by atoms with Gasteiger partial charge in [0.25, 0.3) is 0 Å². The minimum absolute atomic E-state index is 0.579. The zero-order valence-corrected chi connectivity index (χ0v) is 12.7. The van der Waals surface area contributed by atoms with Crippen LogP contribution in [-0.2, 0) is 4.84 Å². The number of amides is 1. The second-order valence-corrected chi connectivity index (χ2v) is 4.92. The monoisotopic (exact) mass is 314 g/mol. The number of anilines is 1. The summed E-state index contributed by atoms with van der Waals surface area (Å²) in [5.74, 6) is 0. The molecule has 0 heterocycles. The van der Waals surface area contributed by atoms with Crippen LogP contribution in [0.3, 0.4) is 0 Å². The van der Waals surface area contributed by atoms with E-state index in [-0.39, 0.29) is 0 Å². The number of benzene rings is 2. The minimum atomic E-state index is -0.658. The highest BCUT2D eigenvalue weighted by Gasteiger charge is 2.02. The van der Waals surface area contributed by atoms with Crippen LogP contribution in [0.15, 0.2) is 65.8 Å². The van der Waals surface area contributed by atoms with Gasteiger partial charge in [0.1, 0.15) is 0 Å². The zero-order valence-electron chi connectivity index (χ0n) is 12.0. The average Bonchev–Trinajstić information content (AvgIpc) is 2.54. The molecule has 0 saturated carbocycles. The van der Waals surface area contributed by atoms with Gasteiger partial charge in [0.2, 0.25) is 0 Å². The second kappa shape index (κ2) is 8.00. The molecule has 0 aliphatic heterocycles. The van der Waals surface area contributed by atoms with Crippen LogP contribution in [0.5, 0.6) is 0 Å². The lowest BCUT2D eigenvalue weighted by Gasteiger charge is -2.02. The highest BCUT2D eigenvalue weighted by molar-refractivity contribution is 6.30. The third-order valence-corrected chi connectivity index (χ3v) is 2.93. The summed E-state index contributed by atoms with van der Waals surface area (Å²) < 4.78 is 0. The van der Waals surface area contributed by atoms with E-state index in [1.807, 2.05) is 36.4 Å². The van der Waals surface area contributed by atoms with Gasteiger partial charge >= 0.3 is 6.09 Å². The van der Waals surface area contributed by atoms with E-state index in [4.69, 9.17) is 16.4 Å². The Morgan fingerprint density at radius 3 is 2.50 bits per heavy atom. The van der Waals surface area contributed by atoms with Crippen molar-refractivity contribution < 1.29 is 9.63 Å². The Hall–Kier alpha value is -2.59. The molecule has 2 rings (SSSR count). The number of carbonyl (C=O) groups is 1. The summed E-state index contributed by atoms with van der Waals surface area (Å²) in [6, 6.07) is 16.5. The SMILES string of the molecule is CC(C=Cc1ccccc1)=NOC(=O)Nc1ccc(Cl)cc1. The summed E-state index contributed by atoms with van der Waals surface area (Å²) in [5.41, 5.74) is 2.21. The molecule has 0 fully saturated rings. The lowest BCUT2D eigenvalue weighted by molar-refractivity contribution is 0.166. The van der Waals surface area contributed by atoms with E-state index < -0.39 is 6.09 Å². The van der Waals surface area contributed by atoms with Crippen LogP contribution in [0.4, 0.5) is 10.5 Å². The van der Waals surface area contributed by atoms with Crippen molar-refractivity contribution in [3.63, 3.8) is 0 Å². The maximum atomic E-state index is 11.6. The molecule has 5 heteroatoms. The van der Waals surface area contributed by atoms with Gasteiger partial charge < -0.3 is 0 Å². The van der Waals surface area contributed by atoms with Crippen molar-refractivity contribution in [2.24, 2.45) is 5.16 Å². The molecule has 112 valence electrons. The fraction of sp³-hybridized carbons (Fsp3) is 0.0588. The number of hydrogen-bond acceptors (Lipinski definition) is 3. The van der Waals surface area contributed by atoms with Crippen molar-refractivity contribution in [1.29, 1.82) is 0 Å². The molecule has 0 unspecified atom stereocenters. The van der Waals surface area contributed by atoms with Crippen molar-refractivity contribution in [3.05, 3.63) is 71.3 Å². The number of nitrogens with one attached hydrogen (secondary N) is 1. The van der Waals surface area contributed by atoms with Crippen molar-refractivity contribution in [1.82, 2.24) is 0 Å². The topological polar surface area (TPSA) is 50.7 Å². The first kappa shape index (κ1) is 15.8. The number of carbonyl (C=O) groups excluding carboxylic acids is 1. The van der Waals surface area contributed by atoms with Crippen LogP contribution in [0, 0.1) is 0 Å². The van der Waals surface area contributed by atoms with Crippen molar-refractivity contribution in [3.8, 4) is 0 Å². The first-order valence-electron chi connectivity index (χ1n) is 6.65. The second-order valence-electron chi connectivity index (χ2n) is 4.49.